The minimum atomic E-state index is -0.334. The predicted octanol–water partition coefficient (Wildman–Crippen LogP) is 2.30. The number of anilines is 1. The maximum Gasteiger partial charge on any atom is 0.195 e. The lowest BCUT2D eigenvalue weighted by Gasteiger charge is -2.16. The Morgan fingerprint density at radius 1 is 1.47 bits per heavy atom. The minimum Gasteiger partial charge on any atom is -0.349 e. The van der Waals surface area contributed by atoms with Crippen LogP contribution in [0.5, 0.6) is 0 Å². The molecule has 0 radical (unpaired) electrons. The van der Waals surface area contributed by atoms with Crippen LogP contribution < -0.4 is 5.32 Å². The van der Waals surface area contributed by atoms with E-state index in [2.05, 4.69) is 5.32 Å². The summed E-state index contributed by atoms with van der Waals surface area (Å²) in [7, 11) is 3.47. The van der Waals surface area contributed by atoms with Crippen molar-refractivity contribution in [2.24, 2.45) is 0 Å². The smallest absolute Gasteiger partial charge is 0.195 e. The fourth-order valence-electron chi connectivity index (χ4n) is 1.13. The van der Waals surface area contributed by atoms with Gasteiger partial charge in [-0.25, -0.2) is 4.39 Å². The first-order chi connectivity index (χ1) is 7.04. The summed E-state index contributed by atoms with van der Waals surface area (Å²) in [4.78, 5) is 1.58. The molecule has 0 aromatic heterocycles. The van der Waals surface area contributed by atoms with Crippen molar-refractivity contribution in [2.45, 2.75) is 13.3 Å². The number of halogens is 1. The van der Waals surface area contributed by atoms with E-state index in [0.717, 1.165) is 12.0 Å². The van der Waals surface area contributed by atoms with Crippen LogP contribution in [-0.2, 0) is 6.42 Å². The van der Waals surface area contributed by atoms with E-state index in [9.17, 15) is 4.39 Å². The van der Waals surface area contributed by atoms with Gasteiger partial charge in [0.05, 0.1) is 5.69 Å². The summed E-state index contributed by atoms with van der Waals surface area (Å²) in [5.41, 5.74) is 1.40. The third-order valence-corrected chi connectivity index (χ3v) is 2.14. The van der Waals surface area contributed by atoms with Gasteiger partial charge in [-0.3, -0.25) is 5.41 Å². The molecule has 0 saturated heterocycles. The molecule has 3 nitrogen and oxygen atoms in total. The lowest BCUT2D eigenvalue weighted by Crippen LogP contribution is -2.28. The topological polar surface area (TPSA) is 39.1 Å². The molecule has 0 bridgehead atoms. The fourth-order valence-corrected chi connectivity index (χ4v) is 1.13. The van der Waals surface area contributed by atoms with Crippen LogP contribution in [0, 0.1) is 11.2 Å². The van der Waals surface area contributed by atoms with Crippen LogP contribution in [0.2, 0.25) is 0 Å². The first-order valence-electron chi connectivity index (χ1n) is 4.86. The summed E-state index contributed by atoms with van der Waals surface area (Å²) in [6.45, 7) is 2.01. The summed E-state index contributed by atoms with van der Waals surface area (Å²) in [6, 6.07) is 4.90. The Balaban J connectivity index is 2.88. The van der Waals surface area contributed by atoms with Crippen LogP contribution in [0.1, 0.15) is 12.5 Å². The Labute approximate surface area is 89.4 Å². The van der Waals surface area contributed by atoms with Crippen molar-refractivity contribution in [1.82, 2.24) is 4.90 Å². The Bertz CT molecular complexity index is 361. The minimum absolute atomic E-state index is 0.169. The second kappa shape index (κ2) is 4.77. The van der Waals surface area contributed by atoms with Crippen LogP contribution in [-0.4, -0.2) is 25.0 Å². The normalized spacial score (nSPS) is 9.87. The number of guanidine groups is 1. The van der Waals surface area contributed by atoms with Gasteiger partial charge in [0.1, 0.15) is 5.82 Å². The van der Waals surface area contributed by atoms with Crippen LogP contribution >= 0.6 is 0 Å². The first kappa shape index (κ1) is 11.5. The highest BCUT2D eigenvalue weighted by Crippen LogP contribution is 2.16. The second-order valence-corrected chi connectivity index (χ2v) is 3.54. The van der Waals surface area contributed by atoms with E-state index in [4.69, 9.17) is 5.41 Å². The average Bonchev–Trinajstić information content (AvgIpc) is 2.21. The van der Waals surface area contributed by atoms with Gasteiger partial charge in [-0.1, -0.05) is 13.0 Å². The zero-order valence-corrected chi connectivity index (χ0v) is 9.26. The third-order valence-electron chi connectivity index (χ3n) is 2.14. The molecule has 0 unspecified atom stereocenters. The molecule has 1 aromatic carbocycles. The number of benzene rings is 1. The van der Waals surface area contributed by atoms with E-state index in [0.29, 0.717) is 5.69 Å². The van der Waals surface area contributed by atoms with Gasteiger partial charge in [-0.2, -0.15) is 0 Å². The summed E-state index contributed by atoms with van der Waals surface area (Å²) >= 11 is 0. The molecule has 1 rings (SSSR count). The zero-order chi connectivity index (χ0) is 11.4. The maximum absolute atomic E-state index is 13.4. The van der Waals surface area contributed by atoms with Crippen LogP contribution in [0.3, 0.4) is 0 Å². The summed E-state index contributed by atoms with van der Waals surface area (Å²) in [5.74, 6) is -0.166. The first-order valence-corrected chi connectivity index (χ1v) is 4.86. The van der Waals surface area contributed by atoms with Gasteiger partial charge in [0.15, 0.2) is 5.96 Å². The Kier molecular flexibility index (Phi) is 3.66. The molecule has 82 valence electrons. The van der Waals surface area contributed by atoms with Gasteiger partial charge in [-0.15, -0.1) is 0 Å². The van der Waals surface area contributed by atoms with Crippen molar-refractivity contribution in [1.29, 1.82) is 5.41 Å². The van der Waals surface area contributed by atoms with E-state index in [1.165, 1.54) is 6.07 Å². The lowest BCUT2D eigenvalue weighted by molar-refractivity contribution is 0.609. The highest BCUT2D eigenvalue weighted by atomic mass is 19.1. The average molecular weight is 209 g/mol. The zero-order valence-electron chi connectivity index (χ0n) is 9.26. The van der Waals surface area contributed by atoms with E-state index in [-0.39, 0.29) is 11.8 Å². The number of nitrogens with zero attached hydrogens (tertiary/aromatic N) is 1. The quantitative estimate of drug-likeness (QED) is 0.579. The Morgan fingerprint density at radius 3 is 2.67 bits per heavy atom. The number of hydrogen-bond donors (Lipinski definition) is 2. The Hall–Kier alpha value is -1.58. The third kappa shape index (κ3) is 2.94. The molecule has 0 aliphatic rings. The monoisotopic (exact) mass is 209 g/mol. The van der Waals surface area contributed by atoms with Crippen molar-refractivity contribution in [3.8, 4) is 0 Å². The van der Waals surface area contributed by atoms with Gasteiger partial charge < -0.3 is 10.2 Å². The summed E-state index contributed by atoms with van der Waals surface area (Å²) in [5, 5.41) is 10.3. The van der Waals surface area contributed by atoms with E-state index in [1.54, 1.807) is 31.1 Å². The molecule has 1 aromatic rings. The van der Waals surface area contributed by atoms with Crippen molar-refractivity contribution in [2.75, 3.05) is 19.4 Å². The van der Waals surface area contributed by atoms with Crippen LogP contribution in [0.4, 0.5) is 10.1 Å². The van der Waals surface area contributed by atoms with Crippen molar-refractivity contribution in [3.05, 3.63) is 29.6 Å². The highest BCUT2D eigenvalue weighted by Gasteiger charge is 2.05. The van der Waals surface area contributed by atoms with Gasteiger partial charge >= 0.3 is 0 Å². The number of nitrogens with one attached hydrogen (secondary N) is 2. The van der Waals surface area contributed by atoms with Crippen molar-refractivity contribution < 1.29 is 4.39 Å². The van der Waals surface area contributed by atoms with Gasteiger partial charge in [0, 0.05) is 14.1 Å². The molecule has 2 N–H and O–H groups in total. The fraction of sp³-hybridized carbons (Fsp3) is 0.364. The lowest BCUT2D eigenvalue weighted by atomic mass is 10.1. The van der Waals surface area contributed by atoms with Gasteiger partial charge in [0.2, 0.25) is 0 Å². The maximum atomic E-state index is 13.4. The number of rotatable bonds is 2. The van der Waals surface area contributed by atoms with Crippen LogP contribution in [0.25, 0.3) is 0 Å². The molecule has 0 atom stereocenters. The molecule has 0 fully saturated rings. The summed E-state index contributed by atoms with van der Waals surface area (Å²) < 4.78 is 13.4. The molecule has 0 spiro atoms. The van der Waals surface area contributed by atoms with E-state index in [1.807, 2.05) is 6.92 Å². The molecule has 0 heterocycles. The molecule has 0 aliphatic heterocycles. The SMILES string of the molecule is CCc1ccc(F)c(NC(=N)N(C)C)c1. The van der Waals surface area contributed by atoms with E-state index < -0.39 is 0 Å². The van der Waals surface area contributed by atoms with Gasteiger partial charge in [0.25, 0.3) is 0 Å². The highest BCUT2D eigenvalue weighted by molar-refractivity contribution is 5.91. The van der Waals surface area contributed by atoms with Gasteiger partial charge in [-0.05, 0) is 24.1 Å². The molecule has 4 heteroatoms. The van der Waals surface area contributed by atoms with Crippen molar-refractivity contribution >= 4 is 11.6 Å². The molecule has 0 amide bonds. The molecule has 15 heavy (non-hydrogen) atoms. The number of aryl methyl sites for hydroxylation is 1. The molecular formula is C11H16FN3. The Morgan fingerprint density at radius 2 is 2.13 bits per heavy atom. The number of hydrogen-bond acceptors (Lipinski definition) is 1. The van der Waals surface area contributed by atoms with Crippen LogP contribution in [0.15, 0.2) is 18.2 Å². The molecule has 0 saturated carbocycles. The molecular weight excluding hydrogens is 193 g/mol. The second-order valence-electron chi connectivity index (χ2n) is 3.54. The standard InChI is InChI=1S/C11H16FN3/c1-4-8-5-6-9(12)10(7-8)14-11(13)15(2)3/h5-7H,4H2,1-3H3,(H2,13,14). The largest absolute Gasteiger partial charge is 0.349 e. The van der Waals surface area contributed by atoms with Crippen molar-refractivity contribution in [3.63, 3.8) is 0 Å². The predicted molar refractivity (Wildman–Crippen MR) is 60.8 cm³/mol. The summed E-state index contributed by atoms with van der Waals surface area (Å²) in [6.07, 6.45) is 0.851. The van der Waals surface area contributed by atoms with E-state index >= 15 is 0 Å². The molecule has 0 aliphatic carbocycles.